The molecular weight excluding hydrogens is 370 g/mol. The molecule has 0 saturated carbocycles. The SMILES string of the molecule is CCCNc1ccc(NC)cc1-c1nc2cc(-c3ccc(Cl)cc3)ccc2o1. The highest BCUT2D eigenvalue weighted by molar-refractivity contribution is 6.30. The number of aromatic nitrogens is 1. The van der Waals surface area contributed by atoms with Gasteiger partial charge in [-0.2, -0.15) is 0 Å². The van der Waals surface area contributed by atoms with Gasteiger partial charge in [-0.3, -0.25) is 0 Å². The van der Waals surface area contributed by atoms with Crippen molar-refractivity contribution in [2.24, 2.45) is 0 Å². The molecule has 0 fully saturated rings. The first-order chi connectivity index (χ1) is 13.7. The second kappa shape index (κ2) is 7.95. The third-order valence-electron chi connectivity index (χ3n) is 4.67. The normalized spacial score (nSPS) is 11.0. The Morgan fingerprint density at radius 1 is 0.964 bits per heavy atom. The number of hydrogen-bond donors (Lipinski definition) is 2. The fourth-order valence-corrected chi connectivity index (χ4v) is 3.28. The second-order valence-electron chi connectivity index (χ2n) is 6.65. The summed E-state index contributed by atoms with van der Waals surface area (Å²) in [5.74, 6) is 0.610. The van der Waals surface area contributed by atoms with E-state index in [1.807, 2.05) is 55.6 Å². The molecule has 0 aliphatic rings. The van der Waals surface area contributed by atoms with Crippen LogP contribution < -0.4 is 10.6 Å². The Hall–Kier alpha value is -2.98. The molecule has 4 aromatic rings. The van der Waals surface area contributed by atoms with Gasteiger partial charge in [0.05, 0.1) is 5.56 Å². The number of fused-ring (bicyclic) bond motifs is 1. The van der Waals surface area contributed by atoms with Crippen molar-refractivity contribution in [2.75, 3.05) is 24.2 Å². The number of hydrogen-bond acceptors (Lipinski definition) is 4. The minimum atomic E-state index is 0.610. The van der Waals surface area contributed by atoms with Gasteiger partial charge in [-0.25, -0.2) is 4.98 Å². The maximum Gasteiger partial charge on any atom is 0.229 e. The first kappa shape index (κ1) is 18.4. The number of nitrogens with zero attached hydrogens (tertiary/aromatic N) is 1. The van der Waals surface area contributed by atoms with Crippen LogP contribution in [0, 0.1) is 0 Å². The van der Waals surface area contributed by atoms with E-state index in [-0.39, 0.29) is 0 Å². The topological polar surface area (TPSA) is 50.1 Å². The Morgan fingerprint density at radius 2 is 1.75 bits per heavy atom. The summed E-state index contributed by atoms with van der Waals surface area (Å²) in [6, 6.07) is 20.0. The minimum Gasteiger partial charge on any atom is -0.436 e. The first-order valence-corrected chi connectivity index (χ1v) is 9.78. The summed E-state index contributed by atoms with van der Waals surface area (Å²) in [6.45, 7) is 3.04. The Bertz CT molecular complexity index is 1100. The molecule has 1 heterocycles. The molecule has 28 heavy (non-hydrogen) atoms. The third kappa shape index (κ3) is 3.69. The molecule has 4 rings (SSSR count). The van der Waals surface area contributed by atoms with Crippen molar-refractivity contribution in [3.05, 3.63) is 65.7 Å². The van der Waals surface area contributed by atoms with Crippen molar-refractivity contribution >= 4 is 34.1 Å². The molecule has 0 aliphatic heterocycles. The highest BCUT2D eigenvalue weighted by Gasteiger charge is 2.14. The van der Waals surface area contributed by atoms with Crippen LogP contribution in [0.5, 0.6) is 0 Å². The molecule has 0 atom stereocenters. The van der Waals surface area contributed by atoms with E-state index in [0.29, 0.717) is 5.89 Å². The van der Waals surface area contributed by atoms with Crippen LogP contribution in [0.4, 0.5) is 11.4 Å². The lowest BCUT2D eigenvalue weighted by atomic mass is 10.1. The van der Waals surface area contributed by atoms with Gasteiger partial charge in [-0.05, 0) is 60.0 Å². The summed E-state index contributed by atoms with van der Waals surface area (Å²) in [7, 11) is 1.91. The Morgan fingerprint density at radius 3 is 2.50 bits per heavy atom. The maximum atomic E-state index is 6.08. The molecule has 0 amide bonds. The zero-order valence-electron chi connectivity index (χ0n) is 15.9. The van der Waals surface area contributed by atoms with Gasteiger partial charge in [0, 0.05) is 30.0 Å². The lowest BCUT2D eigenvalue weighted by molar-refractivity contribution is 0.620. The van der Waals surface area contributed by atoms with Crippen LogP contribution >= 0.6 is 11.6 Å². The molecule has 1 aromatic heterocycles. The fourth-order valence-electron chi connectivity index (χ4n) is 3.16. The minimum absolute atomic E-state index is 0.610. The first-order valence-electron chi connectivity index (χ1n) is 9.40. The van der Waals surface area contributed by atoms with Crippen LogP contribution in [0.25, 0.3) is 33.7 Å². The summed E-state index contributed by atoms with van der Waals surface area (Å²) in [4.78, 5) is 4.77. The van der Waals surface area contributed by atoms with Crippen molar-refractivity contribution in [3.8, 4) is 22.6 Å². The van der Waals surface area contributed by atoms with Crippen molar-refractivity contribution in [1.29, 1.82) is 0 Å². The molecule has 0 unspecified atom stereocenters. The van der Waals surface area contributed by atoms with Crippen molar-refractivity contribution in [1.82, 2.24) is 4.98 Å². The molecule has 0 spiro atoms. The number of nitrogens with one attached hydrogen (secondary N) is 2. The standard InChI is InChI=1S/C23H22ClN3O/c1-3-12-26-20-10-9-18(25-2)14-19(20)23-27-21-13-16(6-11-22(21)28-23)15-4-7-17(24)8-5-15/h4-11,13-14,25-26H,3,12H2,1-2H3. The largest absolute Gasteiger partial charge is 0.436 e. The van der Waals surface area contributed by atoms with Crippen LogP contribution in [0.15, 0.2) is 65.1 Å². The average molecular weight is 392 g/mol. The highest BCUT2D eigenvalue weighted by atomic mass is 35.5. The van der Waals surface area contributed by atoms with Crippen LogP contribution in [-0.4, -0.2) is 18.6 Å². The van der Waals surface area contributed by atoms with E-state index in [2.05, 4.69) is 29.7 Å². The van der Waals surface area contributed by atoms with Gasteiger partial charge in [-0.15, -0.1) is 0 Å². The van der Waals surface area contributed by atoms with Gasteiger partial charge >= 0.3 is 0 Å². The van der Waals surface area contributed by atoms with Crippen LogP contribution in [0.3, 0.4) is 0 Å². The number of halogens is 1. The van der Waals surface area contributed by atoms with Gasteiger partial charge in [0.1, 0.15) is 5.52 Å². The van der Waals surface area contributed by atoms with E-state index in [4.69, 9.17) is 21.0 Å². The monoisotopic (exact) mass is 391 g/mol. The van der Waals surface area contributed by atoms with E-state index in [1.54, 1.807) is 0 Å². The molecule has 0 aliphatic carbocycles. The molecule has 5 heteroatoms. The van der Waals surface area contributed by atoms with Gasteiger partial charge in [-0.1, -0.05) is 36.7 Å². The van der Waals surface area contributed by atoms with Gasteiger partial charge in [0.2, 0.25) is 5.89 Å². The smallest absolute Gasteiger partial charge is 0.229 e. The van der Waals surface area contributed by atoms with Crippen molar-refractivity contribution < 1.29 is 4.42 Å². The zero-order chi connectivity index (χ0) is 19.5. The predicted octanol–water partition coefficient (Wildman–Crippen LogP) is 6.68. The van der Waals surface area contributed by atoms with Crippen LogP contribution in [0.1, 0.15) is 13.3 Å². The van der Waals surface area contributed by atoms with E-state index >= 15 is 0 Å². The van der Waals surface area contributed by atoms with Gasteiger partial charge in [0.15, 0.2) is 5.58 Å². The number of oxazole rings is 1. The second-order valence-corrected chi connectivity index (χ2v) is 7.08. The highest BCUT2D eigenvalue weighted by Crippen LogP contribution is 2.34. The average Bonchev–Trinajstić information content (AvgIpc) is 3.16. The van der Waals surface area contributed by atoms with E-state index in [0.717, 1.165) is 57.2 Å². The lowest BCUT2D eigenvalue weighted by Crippen LogP contribution is -2.02. The lowest BCUT2D eigenvalue weighted by Gasteiger charge is -2.11. The third-order valence-corrected chi connectivity index (χ3v) is 4.92. The van der Waals surface area contributed by atoms with Gasteiger partial charge in [0.25, 0.3) is 0 Å². The Kier molecular flexibility index (Phi) is 5.22. The molecule has 2 N–H and O–H groups in total. The molecule has 3 aromatic carbocycles. The number of benzene rings is 3. The van der Waals surface area contributed by atoms with Crippen LogP contribution in [-0.2, 0) is 0 Å². The number of anilines is 2. The molecule has 0 bridgehead atoms. The van der Waals surface area contributed by atoms with Gasteiger partial charge < -0.3 is 15.1 Å². The van der Waals surface area contributed by atoms with E-state index in [1.165, 1.54) is 0 Å². The zero-order valence-corrected chi connectivity index (χ0v) is 16.7. The van der Waals surface area contributed by atoms with Crippen molar-refractivity contribution in [3.63, 3.8) is 0 Å². The molecular formula is C23H22ClN3O. The summed E-state index contributed by atoms with van der Waals surface area (Å²) in [5, 5.41) is 7.37. The summed E-state index contributed by atoms with van der Waals surface area (Å²) < 4.78 is 6.08. The predicted molar refractivity (Wildman–Crippen MR) is 118 cm³/mol. The fraction of sp³-hybridized carbons (Fsp3) is 0.174. The Balaban J connectivity index is 1.76. The maximum absolute atomic E-state index is 6.08. The summed E-state index contributed by atoms with van der Waals surface area (Å²) in [5.41, 5.74) is 6.76. The van der Waals surface area contributed by atoms with Crippen LogP contribution in [0.2, 0.25) is 5.02 Å². The summed E-state index contributed by atoms with van der Waals surface area (Å²) >= 11 is 6.00. The van der Waals surface area contributed by atoms with E-state index < -0.39 is 0 Å². The van der Waals surface area contributed by atoms with E-state index in [9.17, 15) is 0 Å². The summed E-state index contributed by atoms with van der Waals surface area (Å²) in [6.07, 6.45) is 1.05. The molecule has 142 valence electrons. The molecule has 0 saturated heterocycles. The number of rotatable bonds is 6. The Labute approximate surface area is 169 Å². The van der Waals surface area contributed by atoms with Crippen molar-refractivity contribution in [2.45, 2.75) is 13.3 Å². The molecule has 4 nitrogen and oxygen atoms in total. The quantitative estimate of drug-likeness (QED) is 0.385. The molecule has 0 radical (unpaired) electrons.